The van der Waals surface area contributed by atoms with E-state index in [2.05, 4.69) is 16.0 Å². The van der Waals surface area contributed by atoms with E-state index in [0.29, 0.717) is 5.75 Å². The highest BCUT2D eigenvalue weighted by atomic mass is 32.2. The first kappa shape index (κ1) is 28.1. The predicted molar refractivity (Wildman–Crippen MR) is 111 cm³/mol. The molecule has 14 heteroatoms. The van der Waals surface area contributed by atoms with Crippen LogP contribution < -0.4 is 27.4 Å². The second-order valence-corrected chi connectivity index (χ2v) is 7.54. The maximum Gasteiger partial charge on any atom is 0.322 e. The first-order chi connectivity index (χ1) is 14.5. The van der Waals surface area contributed by atoms with Crippen LogP contribution in [0, 0.1) is 0 Å². The lowest BCUT2D eigenvalue weighted by Crippen LogP contribution is -2.56. The van der Waals surface area contributed by atoms with Crippen molar-refractivity contribution in [3.05, 3.63) is 0 Å². The van der Waals surface area contributed by atoms with Crippen LogP contribution in [0.4, 0.5) is 0 Å². The van der Waals surface area contributed by atoms with Crippen LogP contribution in [0.3, 0.4) is 0 Å². The number of carboxylic acid groups (broad SMARTS) is 2. The normalized spacial score (nSPS) is 13.4. The van der Waals surface area contributed by atoms with Crippen LogP contribution >= 0.6 is 11.8 Å². The number of amides is 4. The fourth-order valence-corrected chi connectivity index (χ4v) is 2.78. The summed E-state index contributed by atoms with van der Waals surface area (Å²) < 4.78 is 0. The summed E-state index contributed by atoms with van der Waals surface area (Å²) in [6.07, 6.45) is 1.01. The van der Waals surface area contributed by atoms with Crippen LogP contribution in [0.2, 0.25) is 0 Å². The minimum absolute atomic E-state index is 0.0671. The van der Waals surface area contributed by atoms with Crippen LogP contribution in [0.1, 0.15) is 32.1 Å². The van der Waals surface area contributed by atoms with E-state index in [4.69, 9.17) is 21.7 Å². The van der Waals surface area contributed by atoms with Crippen molar-refractivity contribution in [3.63, 3.8) is 0 Å². The third kappa shape index (κ3) is 13.1. The number of nitrogens with one attached hydrogen (secondary N) is 3. The number of hydrogen-bond donors (Lipinski definition) is 7. The van der Waals surface area contributed by atoms with Crippen LogP contribution in [0.25, 0.3) is 0 Å². The minimum Gasteiger partial charge on any atom is -0.481 e. The summed E-state index contributed by atoms with van der Waals surface area (Å²) in [5, 5.41) is 24.5. The lowest BCUT2D eigenvalue weighted by atomic mass is 10.1. The number of thioether (sulfide) groups is 1. The Hall–Kier alpha value is -2.87. The number of primary amides is 1. The monoisotopic (exact) mass is 463 g/mol. The van der Waals surface area contributed by atoms with Gasteiger partial charge in [-0.15, -0.1) is 0 Å². The second kappa shape index (κ2) is 15.0. The van der Waals surface area contributed by atoms with E-state index in [1.54, 1.807) is 6.26 Å². The van der Waals surface area contributed by atoms with Gasteiger partial charge < -0.3 is 37.6 Å². The van der Waals surface area contributed by atoms with Gasteiger partial charge in [0.1, 0.15) is 18.6 Å². The number of carbonyl (C=O) groups is 6. The zero-order valence-corrected chi connectivity index (χ0v) is 17.9. The summed E-state index contributed by atoms with van der Waals surface area (Å²) in [7, 11) is 0. The molecular formula is C17H29N5O8S. The number of rotatable bonds is 16. The van der Waals surface area contributed by atoms with Gasteiger partial charge in [0.25, 0.3) is 0 Å². The van der Waals surface area contributed by atoms with E-state index < -0.39 is 66.7 Å². The van der Waals surface area contributed by atoms with Crippen LogP contribution in [0.5, 0.6) is 0 Å². The fourth-order valence-electron chi connectivity index (χ4n) is 2.31. The van der Waals surface area contributed by atoms with E-state index in [1.165, 1.54) is 11.8 Å². The molecule has 3 atom stereocenters. The molecule has 0 aliphatic rings. The van der Waals surface area contributed by atoms with Crippen molar-refractivity contribution in [1.29, 1.82) is 0 Å². The molecule has 0 heterocycles. The van der Waals surface area contributed by atoms with Gasteiger partial charge >= 0.3 is 11.9 Å². The minimum atomic E-state index is -1.31. The molecule has 0 aliphatic carbocycles. The number of hydrogen-bond acceptors (Lipinski definition) is 8. The number of carbonyl (C=O) groups excluding carboxylic acids is 4. The van der Waals surface area contributed by atoms with Crippen molar-refractivity contribution in [2.45, 2.75) is 50.2 Å². The molecule has 9 N–H and O–H groups in total. The summed E-state index contributed by atoms with van der Waals surface area (Å²) in [6, 6.07) is -3.56. The zero-order valence-electron chi connectivity index (χ0n) is 17.1. The second-order valence-electron chi connectivity index (χ2n) is 6.56. The average Bonchev–Trinajstić information content (AvgIpc) is 2.69. The molecule has 0 spiro atoms. The Balaban J connectivity index is 5.24. The molecule has 4 amide bonds. The van der Waals surface area contributed by atoms with Gasteiger partial charge in [-0.25, -0.2) is 0 Å². The Labute approximate surface area is 183 Å². The Morgan fingerprint density at radius 2 is 1.42 bits per heavy atom. The molecule has 0 fully saturated rings. The highest BCUT2D eigenvalue weighted by molar-refractivity contribution is 7.98. The van der Waals surface area contributed by atoms with Gasteiger partial charge in [0.05, 0.1) is 6.04 Å². The lowest BCUT2D eigenvalue weighted by molar-refractivity contribution is -0.138. The SMILES string of the molecule is CSCCC(NC(=O)C(CCC(=O)O)NC(=O)C(N)CCC(N)=O)C(=O)NCC(=O)O. The quantitative estimate of drug-likeness (QED) is 0.126. The molecule has 3 unspecified atom stereocenters. The van der Waals surface area contributed by atoms with Gasteiger partial charge in [0.2, 0.25) is 23.6 Å². The highest BCUT2D eigenvalue weighted by Crippen LogP contribution is 2.05. The van der Waals surface area contributed by atoms with E-state index in [0.717, 1.165) is 0 Å². The number of nitrogens with two attached hydrogens (primary N) is 2. The van der Waals surface area contributed by atoms with E-state index in [-0.39, 0.29) is 25.7 Å². The third-order valence-electron chi connectivity index (χ3n) is 3.98. The summed E-state index contributed by atoms with van der Waals surface area (Å²) in [4.78, 5) is 69.5. The molecule has 0 saturated heterocycles. The van der Waals surface area contributed by atoms with Gasteiger partial charge in [-0.3, -0.25) is 28.8 Å². The molecule has 0 aromatic carbocycles. The molecule has 0 rings (SSSR count). The van der Waals surface area contributed by atoms with Crippen LogP contribution in [-0.2, 0) is 28.8 Å². The fraction of sp³-hybridized carbons (Fsp3) is 0.647. The van der Waals surface area contributed by atoms with Crippen LogP contribution in [0.15, 0.2) is 0 Å². The lowest BCUT2D eigenvalue weighted by Gasteiger charge is -2.23. The van der Waals surface area contributed by atoms with E-state index in [1.807, 2.05) is 0 Å². The molecule has 0 aromatic heterocycles. The van der Waals surface area contributed by atoms with Crippen molar-refractivity contribution in [2.75, 3.05) is 18.6 Å². The van der Waals surface area contributed by atoms with Gasteiger partial charge in [0.15, 0.2) is 0 Å². The van der Waals surface area contributed by atoms with Gasteiger partial charge in [-0.05, 0) is 31.3 Å². The zero-order chi connectivity index (χ0) is 24.0. The van der Waals surface area contributed by atoms with Crippen molar-refractivity contribution < 1.29 is 39.0 Å². The molecule has 0 radical (unpaired) electrons. The summed E-state index contributed by atoms with van der Waals surface area (Å²) in [6.45, 7) is -0.641. The van der Waals surface area contributed by atoms with Crippen molar-refractivity contribution in [1.82, 2.24) is 16.0 Å². The molecule has 0 saturated carbocycles. The molecule has 31 heavy (non-hydrogen) atoms. The molecule has 0 aromatic rings. The molecule has 0 bridgehead atoms. The van der Waals surface area contributed by atoms with Crippen molar-refractivity contribution in [2.24, 2.45) is 11.5 Å². The van der Waals surface area contributed by atoms with Gasteiger partial charge in [0, 0.05) is 12.8 Å². The predicted octanol–water partition coefficient (Wildman–Crippen LogP) is -2.63. The highest BCUT2D eigenvalue weighted by Gasteiger charge is 2.28. The molecule has 0 aliphatic heterocycles. The maximum absolute atomic E-state index is 12.7. The topological polar surface area (TPSA) is 231 Å². The summed E-state index contributed by atoms with van der Waals surface area (Å²) >= 11 is 1.39. The Morgan fingerprint density at radius 3 is 1.94 bits per heavy atom. The molecule has 13 nitrogen and oxygen atoms in total. The largest absolute Gasteiger partial charge is 0.481 e. The maximum atomic E-state index is 12.7. The summed E-state index contributed by atoms with van der Waals surface area (Å²) in [5.74, 6) is -5.01. The number of carboxylic acids is 2. The van der Waals surface area contributed by atoms with E-state index in [9.17, 15) is 28.8 Å². The Bertz CT molecular complexity index is 675. The smallest absolute Gasteiger partial charge is 0.322 e. The Morgan fingerprint density at radius 1 is 0.839 bits per heavy atom. The molecular weight excluding hydrogens is 434 g/mol. The summed E-state index contributed by atoms with van der Waals surface area (Å²) in [5.41, 5.74) is 10.7. The van der Waals surface area contributed by atoms with Gasteiger partial charge in [-0.1, -0.05) is 0 Å². The first-order valence-corrected chi connectivity index (χ1v) is 10.7. The standard InChI is InChI=1S/C17H29N5O8S/c1-31-7-6-11(16(29)20-8-14(26)27)22-17(30)10(3-5-13(24)25)21-15(28)9(18)2-4-12(19)23/h9-11H,2-8,18H2,1H3,(H2,19,23)(H,20,29)(H,21,28)(H,22,30)(H,24,25)(H,26,27). The van der Waals surface area contributed by atoms with Gasteiger partial charge in [-0.2, -0.15) is 11.8 Å². The third-order valence-corrected chi connectivity index (χ3v) is 4.62. The van der Waals surface area contributed by atoms with Crippen molar-refractivity contribution in [3.8, 4) is 0 Å². The number of aliphatic carboxylic acids is 2. The van der Waals surface area contributed by atoms with E-state index >= 15 is 0 Å². The van der Waals surface area contributed by atoms with Crippen molar-refractivity contribution >= 4 is 47.3 Å². The van der Waals surface area contributed by atoms with Crippen LogP contribution in [-0.4, -0.2) is 82.5 Å². The molecule has 176 valence electrons. The first-order valence-electron chi connectivity index (χ1n) is 9.32. The average molecular weight is 464 g/mol. The Kier molecular flexibility index (Phi) is 13.6.